The number of carbonyl (C=O) groups is 1. The lowest BCUT2D eigenvalue weighted by Crippen LogP contribution is -2.19. The van der Waals surface area contributed by atoms with Crippen molar-refractivity contribution >= 4 is 11.7 Å². The molecule has 3 rings (SSSR count). The second kappa shape index (κ2) is 6.34. The Kier molecular flexibility index (Phi) is 4.33. The lowest BCUT2D eigenvalue weighted by atomic mass is 9.92. The molecule has 26 heavy (non-hydrogen) atoms. The van der Waals surface area contributed by atoms with Gasteiger partial charge in [0.25, 0.3) is 5.91 Å². The first kappa shape index (κ1) is 17.7. The summed E-state index contributed by atoms with van der Waals surface area (Å²) in [5.74, 6) is 0.624. The summed E-state index contributed by atoms with van der Waals surface area (Å²) in [4.78, 5) is 15.4. The molecule has 1 heterocycles. The fraction of sp³-hybridized carbons (Fsp3) is 0.350. The highest BCUT2D eigenvalue weighted by Crippen LogP contribution is 2.59. The molecule has 4 N–H and O–H groups in total. The smallest absolute Gasteiger partial charge is 0.255 e. The average Bonchev–Trinajstić information content (AvgIpc) is 3.23. The van der Waals surface area contributed by atoms with Gasteiger partial charge in [-0.05, 0) is 42.0 Å². The van der Waals surface area contributed by atoms with E-state index in [2.05, 4.69) is 24.9 Å². The molecular weight excluding hydrogens is 328 g/mol. The van der Waals surface area contributed by atoms with Gasteiger partial charge in [-0.1, -0.05) is 26.0 Å². The summed E-state index contributed by atoms with van der Waals surface area (Å²) >= 11 is 0. The number of nitriles is 1. The molecule has 1 saturated carbocycles. The maximum Gasteiger partial charge on any atom is 0.255 e. The molecule has 1 amide bonds. The predicted molar refractivity (Wildman–Crippen MR) is 99.4 cm³/mol. The first-order chi connectivity index (χ1) is 12.2. The van der Waals surface area contributed by atoms with Gasteiger partial charge in [0, 0.05) is 11.5 Å². The normalized spacial score (nSPS) is 17.4. The second-order valence-electron chi connectivity index (χ2n) is 7.39. The van der Waals surface area contributed by atoms with E-state index in [1.54, 1.807) is 12.1 Å². The number of nitrogen functional groups attached to an aromatic ring is 1. The highest BCUT2D eigenvalue weighted by atomic mass is 16.5. The molecule has 1 fully saturated rings. The van der Waals surface area contributed by atoms with Crippen molar-refractivity contribution in [2.75, 3.05) is 12.3 Å². The van der Waals surface area contributed by atoms with Crippen molar-refractivity contribution in [1.29, 1.82) is 5.26 Å². The molecule has 6 heteroatoms. The van der Waals surface area contributed by atoms with Crippen LogP contribution in [0.15, 0.2) is 24.3 Å². The van der Waals surface area contributed by atoms with Gasteiger partial charge in [0.15, 0.2) is 6.61 Å². The Labute approximate surface area is 152 Å². The number of hydrogen-bond acceptors (Lipinski definition) is 5. The van der Waals surface area contributed by atoms with Crippen molar-refractivity contribution in [3.05, 3.63) is 41.1 Å². The number of aromatic nitrogens is 1. The number of pyridine rings is 1. The van der Waals surface area contributed by atoms with Crippen molar-refractivity contribution in [2.24, 2.45) is 11.1 Å². The molecule has 0 aliphatic heterocycles. The number of amides is 1. The molecule has 1 aromatic heterocycles. The van der Waals surface area contributed by atoms with Gasteiger partial charge >= 0.3 is 0 Å². The van der Waals surface area contributed by atoms with Crippen LogP contribution in [0.4, 0.5) is 5.82 Å². The number of benzene rings is 1. The topological polar surface area (TPSA) is 115 Å². The zero-order valence-electron chi connectivity index (χ0n) is 15.2. The third-order valence-electron chi connectivity index (χ3n) is 4.99. The van der Waals surface area contributed by atoms with Gasteiger partial charge in [-0.2, -0.15) is 5.26 Å². The first-order valence-corrected chi connectivity index (χ1v) is 8.46. The lowest BCUT2D eigenvalue weighted by Gasteiger charge is -2.16. The van der Waals surface area contributed by atoms with Crippen LogP contribution in [-0.4, -0.2) is 17.5 Å². The molecule has 1 atom stereocenters. The molecule has 0 saturated heterocycles. The van der Waals surface area contributed by atoms with E-state index in [-0.39, 0.29) is 17.8 Å². The number of nitrogens with two attached hydrogens (primary N) is 2. The van der Waals surface area contributed by atoms with Crippen LogP contribution >= 0.6 is 0 Å². The van der Waals surface area contributed by atoms with Crippen LogP contribution in [0.3, 0.4) is 0 Å². The first-order valence-electron chi connectivity index (χ1n) is 8.46. The summed E-state index contributed by atoms with van der Waals surface area (Å²) < 4.78 is 5.29. The summed E-state index contributed by atoms with van der Waals surface area (Å²) in [6, 6.07) is 9.37. The monoisotopic (exact) mass is 350 g/mol. The number of rotatable bonds is 5. The standard InChI is InChI=1S/C20H22N4O2/c1-11-17(12-4-6-13(7-5-12)26-10-16(22)25)14(9-21)19(23)24-18(11)15-8-20(15,2)3/h4-7,15H,8,10H2,1-3H3,(H2,22,25)(H2,23,24)/t15-/m0/s1. The van der Waals surface area contributed by atoms with Crippen molar-refractivity contribution < 1.29 is 9.53 Å². The van der Waals surface area contributed by atoms with Gasteiger partial charge in [0.1, 0.15) is 23.2 Å². The van der Waals surface area contributed by atoms with Crippen LogP contribution in [0, 0.1) is 23.7 Å². The van der Waals surface area contributed by atoms with Crippen LogP contribution in [0.25, 0.3) is 11.1 Å². The van der Waals surface area contributed by atoms with Crippen molar-refractivity contribution in [3.8, 4) is 22.9 Å². The van der Waals surface area contributed by atoms with Gasteiger partial charge in [0.2, 0.25) is 0 Å². The van der Waals surface area contributed by atoms with E-state index in [0.29, 0.717) is 17.2 Å². The number of carbonyl (C=O) groups excluding carboxylic acids is 1. The highest BCUT2D eigenvalue weighted by molar-refractivity contribution is 5.79. The van der Waals surface area contributed by atoms with Gasteiger partial charge < -0.3 is 16.2 Å². The Balaban J connectivity index is 2.03. The largest absolute Gasteiger partial charge is 0.484 e. The predicted octanol–water partition coefficient (Wildman–Crippen LogP) is 2.89. The summed E-state index contributed by atoms with van der Waals surface area (Å²) in [7, 11) is 0. The Morgan fingerprint density at radius 1 is 1.38 bits per heavy atom. The van der Waals surface area contributed by atoms with E-state index in [9.17, 15) is 10.1 Å². The minimum Gasteiger partial charge on any atom is -0.484 e. The average molecular weight is 350 g/mol. The molecule has 134 valence electrons. The van der Waals surface area contributed by atoms with E-state index in [1.807, 2.05) is 19.1 Å². The molecule has 0 spiro atoms. The van der Waals surface area contributed by atoms with E-state index in [4.69, 9.17) is 16.2 Å². The number of nitrogens with zero attached hydrogens (tertiary/aromatic N) is 2. The molecular formula is C20H22N4O2. The van der Waals surface area contributed by atoms with E-state index >= 15 is 0 Å². The van der Waals surface area contributed by atoms with Gasteiger partial charge in [0.05, 0.1) is 5.69 Å². The Hall–Kier alpha value is -3.07. The van der Waals surface area contributed by atoms with E-state index in [1.165, 1.54) is 0 Å². The number of primary amides is 1. The minimum atomic E-state index is -0.532. The maximum absolute atomic E-state index is 10.8. The summed E-state index contributed by atoms with van der Waals surface area (Å²) in [5, 5.41) is 9.59. The SMILES string of the molecule is Cc1c([C@@H]2CC2(C)C)nc(N)c(C#N)c1-c1ccc(OCC(N)=O)cc1. The minimum absolute atomic E-state index is 0.176. The zero-order valence-corrected chi connectivity index (χ0v) is 15.2. The fourth-order valence-electron chi connectivity index (χ4n) is 3.33. The van der Waals surface area contributed by atoms with Crippen molar-refractivity contribution in [3.63, 3.8) is 0 Å². The van der Waals surface area contributed by atoms with E-state index < -0.39 is 5.91 Å². The van der Waals surface area contributed by atoms with Crippen LogP contribution in [0.1, 0.15) is 43.0 Å². The summed E-state index contributed by atoms with van der Waals surface area (Å²) in [6.07, 6.45) is 1.06. The molecule has 0 unspecified atom stereocenters. The third kappa shape index (κ3) is 3.21. The maximum atomic E-state index is 10.8. The number of ether oxygens (including phenoxy) is 1. The third-order valence-corrected chi connectivity index (χ3v) is 4.99. The number of anilines is 1. The molecule has 1 aliphatic rings. The van der Waals surface area contributed by atoms with E-state index in [0.717, 1.165) is 28.8 Å². The molecule has 6 nitrogen and oxygen atoms in total. The molecule has 1 aromatic carbocycles. The van der Waals surface area contributed by atoms with Gasteiger partial charge in [-0.3, -0.25) is 4.79 Å². The highest BCUT2D eigenvalue weighted by Gasteiger charge is 2.48. The van der Waals surface area contributed by atoms with Gasteiger partial charge in [-0.15, -0.1) is 0 Å². The lowest BCUT2D eigenvalue weighted by molar-refractivity contribution is -0.119. The van der Waals surface area contributed by atoms with Gasteiger partial charge in [-0.25, -0.2) is 4.98 Å². The zero-order chi connectivity index (χ0) is 19.1. The molecule has 1 aliphatic carbocycles. The summed E-state index contributed by atoms with van der Waals surface area (Å²) in [6.45, 7) is 6.23. The Morgan fingerprint density at radius 2 is 2.00 bits per heavy atom. The quantitative estimate of drug-likeness (QED) is 0.860. The Bertz CT molecular complexity index is 911. The fourth-order valence-corrected chi connectivity index (χ4v) is 3.33. The summed E-state index contributed by atoms with van der Waals surface area (Å²) in [5.41, 5.74) is 15.4. The molecule has 2 aromatic rings. The number of hydrogen-bond donors (Lipinski definition) is 2. The second-order valence-corrected chi connectivity index (χ2v) is 7.39. The van der Waals surface area contributed by atoms with Crippen molar-refractivity contribution in [1.82, 2.24) is 4.98 Å². The van der Waals surface area contributed by atoms with Crippen LogP contribution in [-0.2, 0) is 4.79 Å². The Morgan fingerprint density at radius 3 is 2.50 bits per heavy atom. The van der Waals surface area contributed by atoms with Crippen molar-refractivity contribution in [2.45, 2.75) is 33.1 Å². The van der Waals surface area contributed by atoms with Crippen LogP contribution in [0.5, 0.6) is 5.75 Å². The van der Waals surface area contributed by atoms with Crippen LogP contribution < -0.4 is 16.2 Å². The van der Waals surface area contributed by atoms with Crippen LogP contribution in [0.2, 0.25) is 0 Å². The molecule has 0 bridgehead atoms. The molecule has 0 radical (unpaired) electrons.